The molecule has 10 heteroatoms. The Morgan fingerprint density at radius 2 is 2.16 bits per heavy atom. The number of hydrogen-bond acceptors (Lipinski definition) is 8. The molecule has 130 valence electrons. The van der Waals surface area contributed by atoms with Gasteiger partial charge in [-0.3, -0.25) is 10.1 Å². The fraction of sp³-hybridized carbons (Fsp3) is 0.267. The quantitative estimate of drug-likeness (QED) is 0.660. The highest BCUT2D eigenvalue weighted by atomic mass is 32.2. The van der Waals surface area contributed by atoms with E-state index < -0.39 is 0 Å². The van der Waals surface area contributed by atoms with Crippen molar-refractivity contribution < 1.29 is 9.53 Å². The number of ether oxygens (including phenoxy) is 1. The number of anilines is 1. The second-order valence-electron chi connectivity index (χ2n) is 5.06. The van der Waals surface area contributed by atoms with E-state index in [-0.39, 0.29) is 11.7 Å². The minimum Gasteiger partial charge on any atom is -0.497 e. The maximum absolute atomic E-state index is 12.0. The normalized spacial score (nSPS) is 10.7. The van der Waals surface area contributed by atoms with Crippen molar-refractivity contribution in [2.45, 2.75) is 12.1 Å². The number of hydrogen-bond donors (Lipinski definition) is 1. The van der Waals surface area contributed by atoms with Crippen molar-refractivity contribution in [1.29, 1.82) is 0 Å². The second-order valence-corrected chi connectivity index (χ2v) is 7.18. The van der Waals surface area contributed by atoms with Crippen molar-refractivity contribution in [2.75, 3.05) is 18.2 Å². The van der Waals surface area contributed by atoms with E-state index >= 15 is 0 Å². The Labute approximate surface area is 152 Å². The monoisotopic (exact) mass is 376 g/mol. The van der Waals surface area contributed by atoms with E-state index in [1.807, 2.05) is 42.8 Å². The van der Waals surface area contributed by atoms with Crippen LogP contribution in [-0.2, 0) is 11.8 Å². The molecule has 1 aromatic carbocycles. The number of nitrogens with one attached hydrogen (secondary N) is 1. The van der Waals surface area contributed by atoms with Gasteiger partial charge in [0.15, 0.2) is 11.0 Å². The number of aromatic nitrogens is 5. The van der Waals surface area contributed by atoms with Gasteiger partial charge in [0.1, 0.15) is 10.8 Å². The minimum atomic E-state index is -0.160. The number of amides is 1. The van der Waals surface area contributed by atoms with Gasteiger partial charge in [-0.05, 0) is 19.1 Å². The standard InChI is InChI=1S/C15H16N6O2S2/c1-9-17-19-14(25-9)16-12(22)8-24-15-20-18-13(21(15)2)10-5-4-6-11(7-10)23-3/h4-7H,8H2,1-3H3,(H,16,19,22). The lowest BCUT2D eigenvalue weighted by Crippen LogP contribution is -2.14. The maximum Gasteiger partial charge on any atom is 0.236 e. The van der Waals surface area contributed by atoms with E-state index in [9.17, 15) is 4.79 Å². The number of carbonyl (C=O) groups excluding carboxylic acids is 1. The van der Waals surface area contributed by atoms with E-state index in [2.05, 4.69) is 25.7 Å². The lowest BCUT2D eigenvalue weighted by atomic mass is 10.2. The molecule has 25 heavy (non-hydrogen) atoms. The van der Waals surface area contributed by atoms with Crippen molar-refractivity contribution in [1.82, 2.24) is 25.0 Å². The summed E-state index contributed by atoms with van der Waals surface area (Å²) in [7, 11) is 3.48. The third kappa shape index (κ3) is 4.15. The number of rotatable bonds is 6. The summed E-state index contributed by atoms with van der Waals surface area (Å²) in [5, 5.41) is 20.8. The molecular weight excluding hydrogens is 360 g/mol. The lowest BCUT2D eigenvalue weighted by Gasteiger charge is -2.05. The highest BCUT2D eigenvalue weighted by Crippen LogP contribution is 2.25. The Morgan fingerprint density at radius 1 is 1.32 bits per heavy atom. The molecule has 8 nitrogen and oxygen atoms in total. The van der Waals surface area contributed by atoms with Crippen LogP contribution in [0.5, 0.6) is 5.75 Å². The Kier molecular flexibility index (Phi) is 5.29. The Hall–Kier alpha value is -2.46. The molecule has 0 aliphatic heterocycles. The maximum atomic E-state index is 12.0. The highest BCUT2D eigenvalue weighted by Gasteiger charge is 2.14. The van der Waals surface area contributed by atoms with Gasteiger partial charge in [0.05, 0.1) is 12.9 Å². The first-order chi connectivity index (χ1) is 12.1. The number of thioether (sulfide) groups is 1. The molecule has 1 N–H and O–H groups in total. The van der Waals surface area contributed by atoms with Crippen LogP contribution in [0.1, 0.15) is 5.01 Å². The van der Waals surface area contributed by atoms with Crippen molar-refractivity contribution in [2.24, 2.45) is 7.05 Å². The summed E-state index contributed by atoms with van der Waals surface area (Å²) in [6.07, 6.45) is 0. The smallest absolute Gasteiger partial charge is 0.236 e. The molecule has 0 aliphatic carbocycles. The van der Waals surface area contributed by atoms with Crippen LogP contribution in [0.3, 0.4) is 0 Å². The molecule has 0 spiro atoms. The van der Waals surface area contributed by atoms with E-state index in [1.54, 1.807) is 7.11 Å². The third-order valence-electron chi connectivity index (χ3n) is 3.27. The molecule has 0 aliphatic rings. The highest BCUT2D eigenvalue weighted by molar-refractivity contribution is 7.99. The SMILES string of the molecule is COc1cccc(-c2nnc(SCC(=O)Nc3nnc(C)s3)n2C)c1. The molecule has 0 saturated heterocycles. The van der Waals surface area contributed by atoms with Crippen molar-refractivity contribution in [3.63, 3.8) is 0 Å². The van der Waals surface area contributed by atoms with Gasteiger partial charge < -0.3 is 9.30 Å². The fourth-order valence-electron chi connectivity index (χ4n) is 2.09. The topological polar surface area (TPSA) is 94.8 Å². The second kappa shape index (κ2) is 7.62. The van der Waals surface area contributed by atoms with Crippen LogP contribution in [0.25, 0.3) is 11.4 Å². The van der Waals surface area contributed by atoms with Gasteiger partial charge in [-0.15, -0.1) is 20.4 Å². The summed E-state index contributed by atoms with van der Waals surface area (Å²) < 4.78 is 7.08. The third-order valence-corrected chi connectivity index (χ3v) is 5.04. The Balaban J connectivity index is 1.65. The number of benzene rings is 1. The van der Waals surface area contributed by atoms with Gasteiger partial charge in [-0.2, -0.15) is 0 Å². The first-order valence-electron chi connectivity index (χ1n) is 7.33. The number of aryl methyl sites for hydroxylation is 1. The fourth-order valence-corrected chi connectivity index (χ4v) is 3.41. The Bertz CT molecular complexity index is 892. The Morgan fingerprint density at radius 3 is 2.88 bits per heavy atom. The van der Waals surface area contributed by atoms with Gasteiger partial charge >= 0.3 is 0 Å². The van der Waals surface area contributed by atoms with E-state index in [0.29, 0.717) is 16.1 Å². The number of methoxy groups -OCH3 is 1. The van der Waals surface area contributed by atoms with Crippen molar-refractivity contribution in [3.05, 3.63) is 29.3 Å². The molecule has 0 radical (unpaired) electrons. The van der Waals surface area contributed by atoms with Crippen LogP contribution in [0.2, 0.25) is 0 Å². The minimum absolute atomic E-state index is 0.160. The number of carbonyl (C=O) groups is 1. The van der Waals surface area contributed by atoms with E-state index in [4.69, 9.17) is 4.74 Å². The zero-order chi connectivity index (χ0) is 17.8. The van der Waals surface area contributed by atoms with Gasteiger partial charge in [-0.25, -0.2) is 0 Å². The zero-order valence-corrected chi connectivity index (χ0v) is 15.5. The average Bonchev–Trinajstić information content (AvgIpc) is 3.18. The molecule has 0 bridgehead atoms. The average molecular weight is 376 g/mol. The molecule has 0 unspecified atom stereocenters. The van der Waals surface area contributed by atoms with E-state index in [0.717, 1.165) is 16.3 Å². The van der Waals surface area contributed by atoms with Crippen LogP contribution in [0.4, 0.5) is 5.13 Å². The molecule has 3 rings (SSSR count). The van der Waals surface area contributed by atoms with Crippen LogP contribution >= 0.6 is 23.1 Å². The summed E-state index contributed by atoms with van der Waals surface area (Å²) in [4.78, 5) is 12.0. The van der Waals surface area contributed by atoms with Crippen LogP contribution < -0.4 is 10.1 Å². The van der Waals surface area contributed by atoms with Gasteiger partial charge in [0.2, 0.25) is 11.0 Å². The van der Waals surface area contributed by atoms with Crippen LogP contribution in [0.15, 0.2) is 29.4 Å². The summed E-state index contributed by atoms with van der Waals surface area (Å²) in [6.45, 7) is 1.84. The zero-order valence-electron chi connectivity index (χ0n) is 13.9. The molecule has 1 amide bonds. The summed E-state index contributed by atoms with van der Waals surface area (Å²) in [6, 6.07) is 7.59. The lowest BCUT2D eigenvalue weighted by molar-refractivity contribution is -0.113. The van der Waals surface area contributed by atoms with E-state index in [1.165, 1.54) is 23.1 Å². The predicted molar refractivity (Wildman–Crippen MR) is 97.0 cm³/mol. The molecule has 3 aromatic rings. The number of nitrogens with zero attached hydrogens (tertiary/aromatic N) is 5. The largest absolute Gasteiger partial charge is 0.497 e. The van der Waals surface area contributed by atoms with Crippen molar-refractivity contribution in [3.8, 4) is 17.1 Å². The molecule has 2 aromatic heterocycles. The molecular formula is C15H16N6O2S2. The molecule has 2 heterocycles. The first kappa shape index (κ1) is 17.4. The summed E-state index contributed by atoms with van der Waals surface area (Å²) in [5.74, 6) is 1.51. The molecule has 0 saturated carbocycles. The molecule has 0 fully saturated rings. The van der Waals surface area contributed by atoms with Gasteiger partial charge in [0, 0.05) is 12.6 Å². The van der Waals surface area contributed by atoms with Crippen LogP contribution in [-0.4, -0.2) is 43.7 Å². The van der Waals surface area contributed by atoms with Gasteiger partial charge in [-0.1, -0.05) is 35.2 Å². The predicted octanol–water partition coefficient (Wildman–Crippen LogP) is 2.38. The summed E-state index contributed by atoms with van der Waals surface area (Å²) >= 11 is 2.65. The van der Waals surface area contributed by atoms with Gasteiger partial charge in [0.25, 0.3) is 0 Å². The first-order valence-corrected chi connectivity index (χ1v) is 9.13. The molecule has 0 atom stereocenters. The van der Waals surface area contributed by atoms with Crippen molar-refractivity contribution >= 4 is 34.1 Å². The summed E-state index contributed by atoms with van der Waals surface area (Å²) in [5.41, 5.74) is 0.898. The van der Waals surface area contributed by atoms with Crippen LogP contribution in [0, 0.1) is 6.92 Å².